The Bertz CT molecular complexity index is 544. The first-order valence-corrected chi connectivity index (χ1v) is 7.21. The predicted molar refractivity (Wildman–Crippen MR) is 86.3 cm³/mol. The number of hydrogen-bond acceptors (Lipinski definition) is 4. The molecule has 120 valence electrons. The van der Waals surface area contributed by atoms with E-state index in [1.54, 1.807) is 18.2 Å². The van der Waals surface area contributed by atoms with E-state index in [1.165, 1.54) is 0 Å². The second-order valence-electron chi connectivity index (χ2n) is 5.63. The minimum Gasteiger partial charge on any atom is -0.493 e. The molecule has 22 heavy (non-hydrogen) atoms. The van der Waals surface area contributed by atoms with Crippen molar-refractivity contribution < 1.29 is 19.1 Å². The average molecular weight is 305 g/mol. The Balaban J connectivity index is 2.56. The Labute approximate surface area is 131 Å². The molecule has 1 aromatic carbocycles. The molecule has 0 aliphatic carbocycles. The number of rotatable bonds is 6. The normalized spacial score (nSPS) is 11.3. The van der Waals surface area contributed by atoms with Gasteiger partial charge in [-0.15, -0.1) is 0 Å². The number of ether oxygens (including phenoxy) is 2. The highest BCUT2D eigenvalue weighted by atomic mass is 16.6. The molecule has 1 amide bonds. The van der Waals surface area contributed by atoms with Crippen LogP contribution in [0.3, 0.4) is 0 Å². The molecule has 0 spiro atoms. The number of nitrogens with one attached hydrogen (secondary N) is 1. The van der Waals surface area contributed by atoms with Crippen molar-refractivity contribution in [3.8, 4) is 5.75 Å². The van der Waals surface area contributed by atoms with E-state index in [0.717, 1.165) is 11.8 Å². The van der Waals surface area contributed by atoms with Crippen LogP contribution in [0.15, 0.2) is 24.3 Å². The van der Waals surface area contributed by atoms with E-state index in [4.69, 9.17) is 9.47 Å². The lowest BCUT2D eigenvalue weighted by atomic mass is 10.1. The molecule has 5 nitrogen and oxygen atoms in total. The van der Waals surface area contributed by atoms with Gasteiger partial charge in [0.05, 0.1) is 12.2 Å². The highest BCUT2D eigenvalue weighted by Crippen LogP contribution is 2.19. The number of hydrogen-bond donors (Lipinski definition) is 1. The van der Waals surface area contributed by atoms with Gasteiger partial charge in [0.2, 0.25) is 0 Å². The zero-order valence-corrected chi connectivity index (χ0v) is 13.5. The number of alkyl carbamates (subject to hydrolysis) is 1. The summed E-state index contributed by atoms with van der Waals surface area (Å²) in [5.74, 6) is 0.571. The van der Waals surface area contributed by atoms with Crippen LogP contribution < -0.4 is 10.1 Å². The smallest absolute Gasteiger partial charge is 0.407 e. The zero-order chi connectivity index (χ0) is 16.6. The Morgan fingerprint density at radius 1 is 1.32 bits per heavy atom. The molecule has 0 atom stereocenters. The third kappa shape index (κ3) is 6.43. The quantitative estimate of drug-likeness (QED) is 0.818. The summed E-state index contributed by atoms with van der Waals surface area (Å²) in [5, 5.41) is 2.63. The van der Waals surface area contributed by atoms with Crippen molar-refractivity contribution in [2.45, 2.75) is 33.3 Å². The average Bonchev–Trinajstić information content (AvgIpc) is 2.43. The third-order valence-electron chi connectivity index (χ3n) is 2.53. The van der Waals surface area contributed by atoms with Crippen LogP contribution in [-0.2, 0) is 4.74 Å². The molecule has 5 heteroatoms. The fraction of sp³-hybridized carbons (Fsp3) is 0.412. The first-order valence-electron chi connectivity index (χ1n) is 7.21. The summed E-state index contributed by atoms with van der Waals surface area (Å²) in [6.07, 6.45) is 3.91. The van der Waals surface area contributed by atoms with Gasteiger partial charge < -0.3 is 14.8 Å². The van der Waals surface area contributed by atoms with Crippen molar-refractivity contribution in [1.82, 2.24) is 5.32 Å². The van der Waals surface area contributed by atoms with Crippen molar-refractivity contribution in [2.24, 2.45) is 0 Å². The Morgan fingerprint density at radius 3 is 2.64 bits per heavy atom. The second-order valence-corrected chi connectivity index (χ2v) is 5.63. The summed E-state index contributed by atoms with van der Waals surface area (Å²) < 4.78 is 10.5. The second kappa shape index (κ2) is 8.22. The minimum atomic E-state index is -0.512. The SMILES string of the molecule is CCOc1ccc(C=CCNC(=O)OC(C)(C)C)cc1C=O. The van der Waals surface area contributed by atoms with E-state index >= 15 is 0 Å². The molecule has 0 aliphatic rings. The number of benzene rings is 1. The van der Waals surface area contributed by atoms with E-state index in [2.05, 4.69) is 5.32 Å². The summed E-state index contributed by atoms with van der Waals surface area (Å²) >= 11 is 0. The number of amides is 1. The molecule has 0 aromatic heterocycles. The lowest BCUT2D eigenvalue weighted by Crippen LogP contribution is -2.32. The molecule has 0 fully saturated rings. The maximum atomic E-state index is 11.5. The summed E-state index contributed by atoms with van der Waals surface area (Å²) in [5.41, 5.74) is 0.850. The first kappa shape index (κ1) is 17.8. The summed E-state index contributed by atoms with van der Waals surface area (Å²) in [6.45, 7) is 8.15. The van der Waals surface area contributed by atoms with Crippen molar-refractivity contribution in [3.63, 3.8) is 0 Å². The van der Waals surface area contributed by atoms with E-state index < -0.39 is 11.7 Å². The Hall–Kier alpha value is -2.30. The topological polar surface area (TPSA) is 64.6 Å². The maximum absolute atomic E-state index is 11.5. The van der Waals surface area contributed by atoms with Gasteiger partial charge in [0.25, 0.3) is 0 Å². The van der Waals surface area contributed by atoms with E-state index in [0.29, 0.717) is 24.5 Å². The van der Waals surface area contributed by atoms with Gasteiger partial charge in [-0.1, -0.05) is 18.2 Å². The standard InChI is InChI=1S/C17H23NO4/c1-5-21-15-9-8-13(11-14(15)12-19)7-6-10-18-16(20)22-17(2,3)4/h6-9,11-12H,5,10H2,1-4H3,(H,18,20). The van der Waals surface area contributed by atoms with Crippen LogP contribution in [0.1, 0.15) is 43.6 Å². The molecular weight excluding hydrogens is 282 g/mol. The van der Waals surface area contributed by atoms with Crippen LogP contribution in [0.5, 0.6) is 5.75 Å². The predicted octanol–water partition coefficient (Wildman–Crippen LogP) is 3.44. The molecule has 1 rings (SSSR count). The zero-order valence-electron chi connectivity index (χ0n) is 13.5. The van der Waals surface area contributed by atoms with Gasteiger partial charge in [-0.25, -0.2) is 4.79 Å². The van der Waals surface area contributed by atoms with Crippen LogP contribution in [0.25, 0.3) is 6.08 Å². The molecular formula is C17H23NO4. The lowest BCUT2D eigenvalue weighted by molar-refractivity contribution is 0.0534. The Morgan fingerprint density at radius 2 is 2.05 bits per heavy atom. The monoisotopic (exact) mass is 305 g/mol. The molecule has 0 saturated carbocycles. The number of carbonyl (C=O) groups excluding carboxylic acids is 2. The van der Waals surface area contributed by atoms with Crippen molar-refractivity contribution in [2.75, 3.05) is 13.2 Å². The minimum absolute atomic E-state index is 0.346. The van der Waals surface area contributed by atoms with E-state index in [9.17, 15) is 9.59 Å². The van der Waals surface area contributed by atoms with Gasteiger partial charge >= 0.3 is 6.09 Å². The van der Waals surface area contributed by atoms with Crippen LogP contribution in [0.4, 0.5) is 4.79 Å². The molecule has 0 unspecified atom stereocenters. The molecule has 0 aliphatic heterocycles. The molecule has 1 aromatic rings. The van der Waals surface area contributed by atoms with Crippen molar-refractivity contribution >= 4 is 18.5 Å². The summed E-state index contributed by atoms with van der Waals surface area (Å²) in [4.78, 5) is 22.5. The van der Waals surface area contributed by atoms with E-state index in [1.807, 2.05) is 39.8 Å². The Kier molecular flexibility index (Phi) is 6.63. The van der Waals surface area contributed by atoms with E-state index in [-0.39, 0.29) is 0 Å². The molecule has 0 saturated heterocycles. The van der Waals surface area contributed by atoms with Gasteiger partial charge in [0, 0.05) is 6.54 Å². The van der Waals surface area contributed by atoms with Crippen molar-refractivity contribution in [3.05, 3.63) is 35.4 Å². The summed E-state index contributed by atoms with van der Waals surface area (Å²) in [6, 6.07) is 5.35. The molecule has 1 N–H and O–H groups in total. The van der Waals surface area contributed by atoms with Crippen LogP contribution in [0.2, 0.25) is 0 Å². The highest BCUT2D eigenvalue weighted by Gasteiger charge is 2.14. The molecule has 0 heterocycles. The van der Waals surface area contributed by atoms with Gasteiger partial charge in [0.15, 0.2) is 6.29 Å². The van der Waals surface area contributed by atoms with Crippen LogP contribution in [-0.4, -0.2) is 31.1 Å². The largest absolute Gasteiger partial charge is 0.493 e. The van der Waals surface area contributed by atoms with Crippen molar-refractivity contribution in [1.29, 1.82) is 0 Å². The highest BCUT2D eigenvalue weighted by molar-refractivity contribution is 5.80. The van der Waals surface area contributed by atoms with Gasteiger partial charge in [0.1, 0.15) is 11.4 Å². The first-order chi connectivity index (χ1) is 10.4. The fourth-order valence-corrected chi connectivity index (χ4v) is 1.70. The van der Waals surface area contributed by atoms with Crippen LogP contribution >= 0.6 is 0 Å². The number of carbonyl (C=O) groups is 2. The van der Waals surface area contributed by atoms with Gasteiger partial charge in [-0.3, -0.25) is 4.79 Å². The van der Waals surface area contributed by atoms with Crippen LogP contribution in [0, 0.1) is 0 Å². The third-order valence-corrected chi connectivity index (χ3v) is 2.53. The van der Waals surface area contributed by atoms with Gasteiger partial charge in [-0.2, -0.15) is 0 Å². The molecule has 0 radical (unpaired) electrons. The summed E-state index contributed by atoms with van der Waals surface area (Å²) in [7, 11) is 0. The number of aldehydes is 1. The van der Waals surface area contributed by atoms with Gasteiger partial charge in [-0.05, 0) is 45.4 Å². The fourth-order valence-electron chi connectivity index (χ4n) is 1.70. The molecule has 0 bridgehead atoms. The maximum Gasteiger partial charge on any atom is 0.407 e. The lowest BCUT2D eigenvalue weighted by Gasteiger charge is -2.19.